The Hall–Kier alpha value is -1.99. The third-order valence-electron chi connectivity index (χ3n) is 4.61. The molecule has 1 aromatic rings. The van der Waals surface area contributed by atoms with Crippen LogP contribution in [-0.2, 0) is 16.0 Å². The van der Waals surface area contributed by atoms with E-state index in [2.05, 4.69) is 10.6 Å². The Labute approximate surface area is 167 Å². The van der Waals surface area contributed by atoms with Crippen LogP contribution in [0.2, 0.25) is 0 Å². The second-order valence-corrected chi connectivity index (χ2v) is 6.43. The second kappa shape index (κ2) is 11.7. The zero-order valence-corrected chi connectivity index (χ0v) is 17.1. The molecule has 1 heterocycles. The fourth-order valence-corrected chi connectivity index (χ4v) is 3.09. The zero-order chi connectivity index (χ0) is 18.9. The number of rotatable bonds is 10. The molecule has 0 aliphatic carbocycles. The van der Waals surface area contributed by atoms with Crippen LogP contribution < -0.4 is 20.1 Å². The number of carbonyl (C=O) groups excluding carboxylic acids is 2. The summed E-state index contributed by atoms with van der Waals surface area (Å²) in [4.78, 5) is 26.2. The number of hydrogen-bond acceptors (Lipinski definition) is 5. The van der Waals surface area contributed by atoms with Gasteiger partial charge in [-0.3, -0.25) is 9.59 Å². The first-order valence-corrected chi connectivity index (χ1v) is 9.00. The number of nitrogens with zero attached hydrogens (tertiary/aromatic N) is 1. The minimum absolute atomic E-state index is 0. The van der Waals surface area contributed by atoms with E-state index < -0.39 is 0 Å². The monoisotopic (exact) mass is 399 g/mol. The van der Waals surface area contributed by atoms with Crippen molar-refractivity contribution in [3.63, 3.8) is 0 Å². The quantitative estimate of drug-likeness (QED) is 0.579. The predicted molar refractivity (Wildman–Crippen MR) is 107 cm³/mol. The maximum atomic E-state index is 12.2. The molecule has 2 rings (SSSR count). The number of halogens is 1. The van der Waals surface area contributed by atoms with Crippen molar-refractivity contribution in [3.05, 3.63) is 23.8 Å². The van der Waals surface area contributed by atoms with Crippen molar-refractivity contribution < 1.29 is 19.1 Å². The van der Waals surface area contributed by atoms with Crippen LogP contribution in [0.5, 0.6) is 11.5 Å². The summed E-state index contributed by atoms with van der Waals surface area (Å²) in [5.74, 6) is 1.13. The predicted octanol–water partition coefficient (Wildman–Crippen LogP) is 1.24. The minimum Gasteiger partial charge on any atom is -0.493 e. The first kappa shape index (κ1) is 23.0. The Kier molecular flexibility index (Phi) is 9.96. The highest BCUT2D eigenvalue weighted by Gasteiger charge is 2.33. The molecule has 7 nitrogen and oxygen atoms in total. The molecule has 2 N–H and O–H groups in total. The Morgan fingerprint density at radius 2 is 1.96 bits per heavy atom. The number of amides is 2. The number of likely N-dealkylation sites (tertiary alicyclic amines) is 1. The molecule has 1 atom stereocenters. The van der Waals surface area contributed by atoms with Gasteiger partial charge < -0.3 is 25.0 Å². The zero-order valence-electron chi connectivity index (χ0n) is 16.2. The average molecular weight is 400 g/mol. The minimum atomic E-state index is -0.248. The standard InChI is InChI=1S/C19H29N3O4.ClH/c1-20-8-4-9-21-19(24)15-12-18(23)22(13-15)10-7-14-5-6-16(25-2)17(11-14)26-3;/h5-6,11,15,20H,4,7-10,12-13H2,1-3H3,(H,21,24);1H. The number of carbonyl (C=O) groups is 2. The van der Waals surface area contributed by atoms with E-state index in [9.17, 15) is 9.59 Å². The molecule has 152 valence electrons. The molecule has 0 aromatic heterocycles. The molecule has 1 aliphatic rings. The van der Waals surface area contributed by atoms with Crippen molar-refractivity contribution in [1.82, 2.24) is 15.5 Å². The van der Waals surface area contributed by atoms with Crippen LogP contribution in [0.15, 0.2) is 18.2 Å². The molecule has 1 saturated heterocycles. The van der Waals surface area contributed by atoms with Crippen LogP contribution in [-0.4, -0.2) is 64.2 Å². The summed E-state index contributed by atoms with van der Waals surface area (Å²) in [5.41, 5.74) is 1.07. The molecule has 2 amide bonds. The summed E-state index contributed by atoms with van der Waals surface area (Å²) in [5, 5.41) is 5.96. The van der Waals surface area contributed by atoms with Gasteiger partial charge in [-0.15, -0.1) is 12.4 Å². The average Bonchev–Trinajstić information content (AvgIpc) is 3.04. The summed E-state index contributed by atoms with van der Waals surface area (Å²) in [6, 6.07) is 5.75. The first-order valence-electron chi connectivity index (χ1n) is 9.00. The van der Waals surface area contributed by atoms with Crippen molar-refractivity contribution in [2.24, 2.45) is 5.92 Å². The first-order chi connectivity index (χ1) is 12.6. The van der Waals surface area contributed by atoms with Crippen molar-refractivity contribution in [1.29, 1.82) is 0 Å². The van der Waals surface area contributed by atoms with Gasteiger partial charge in [-0.2, -0.15) is 0 Å². The molecule has 8 heteroatoms. The molecular formula is C19H30ClN3O4. The highest BCUT2D eigenvalue weighted by Crippen LogP contribution is 2.28. The molecular weight excluding hydrogens is 370 g/mol. The normalized spacial score (nSPS) is 16.0. The topological polar surface area (TPSA) is 79.9 Å². The number of ether oxygens (including phenoxy) is 2. The maximum absolute atomic E-state index is 12.2. The lowest BCUT2D eigenvalue weighted by molar-refractivity contribution is -0.129. The molecule has 0 saturated carbocycles. The van der Waals surface area contributed by atoms with Crippen LogP contribution >= 0.6 is 12.4 Å². The maximum Gasteiger partial charge on any atom is 0.225 e. The summed E-state index contributed by atoms with van der Waals surface area (Å²) in [6.07, 6.45) is 1.89. The Morgan fingerprint density at radius 1 is 1.22 bits per heavy atom. The largest absolute Gasteiger partial charge is 0.493 e. The Balaban J connectivity index is 0.00000364. The SMILES string of the molecule is CNCCCNC(=O)C1CC(=O)N(CCc2ccc(OC)c(OC)c2)C1.Cl. The lowest BCUT2D eigenvalue weighted by Gasteiger charge is -2.17. The molecule has 1 unspecified atom stereocenters. The highest BCUT2D eigenvalue weighted by molar-refractivity contribution is 5.89. The summed E-state index contributed by atoms with van der Waals surface area (Å²) >= 11 is 0. The van der Waals surface area contributed by atoms with E-state index in [0.29, 0.717) is 44.0 Å². The Morgan fingerprint density at radius 3 is 2.63 bits per heavy atom. The summed E-state index contributed by atoms with van der Waals surface area (Å²) in [6.45, 7) is 2.58. The smallest absolute Gasteiger partial charge is 0.225 e. The van der Waals surface area contributed by atoms with Gasteiger partial charge in [0.05, 0.1) is 20.1 Å². The number of methoxy groups -OCH3 is 2. The third kappa shape index (κ3) is 6.59. The number of nitrogens with one attached hydrogen (secondary N) is 2. The van der Waals surface area contributed by atoms with Gasteiger partial charge in [-0.05, 0) is 44.1 Å². The van der Waals surface area contributed by atoms with E-state index in [1.165, 1.54) is 0 Å². The lowest BCUT2D eigenvalue weighted by Crippen LogP contribution is -2.34. The van der Waals surface area contributed by atoms with Crippen molar-refractivity contribution in [2.45, 2.75) is 19.3 Å². The van der Waals surface area contributed by atoms with E-state index in [-0.39, 0.29) is 30.1 Å². The fraction of sp³-hybridized carbons (Fsp3) is 0.579. The molecule has 0 spiro atoms. The summed E-state index contributed by atoms with van der Waals surface area (Å²) in [7, 11) is 5.09. The lowest BCUT2D eigenvalue weighted by atomic mass is 10.1. The van der Waals surface area contributed by atoms with Gasteiger partial charge in [0.2, 0.25) is 11.8 Å². The third-order valence-corrected chi connectivity index (χ3v) is 4.61. The molecule has 0 radical (unpaired) electrons. The van der Waals surface area contributed by atoms with Gasteiger partial charge in [0.25, 0.3) is 0 Å². The van der Waals surface area contributed by atoms with E-state index in [4.69, 9.17) is 9.47 Å². The highest BCUT2D eigenvalue weighted by atomic mass is 35.5. The summed E-state index contributed by atoms with van der Waals surface area (Å²) < 4.78 is 10.5. The van der Waals surface area contributed by atoms with Crippen molar-refractivity contribution >= 4 is 24.2 Å². The van der Waals surface area contributed by atoms with E-state index in [1.54, 1.807) is 19.1 Å². The molecule has 1 fully saturated rings. The van der Waals surface area contributed by atoms with E-state index in [0.717, 1.165) is 18.5 Å². The van der Waals surface area contributed by atoms with Gasteiger partial charge in [0, 0.05) is 26.1 Å². The molecule has 1 aromatic carbocycles. The van der Waals surface area contributed by atoms with E-state index in [1.807, 2.05) is 25.2 Å². The van der Waals surface area contributed by atoms with Gasteiger partial charge in [0.15, 0.2) is 11.5 Å². The molecule has 1 aliphatic heterocycles. The van der Waals surface area contributed by atoms with Crippen LogP contribution in [0, 0.1) is 5.92 Å². The van der Waals surface area contributed by atoms with Crippen LogP contribution in [0.3, 0.4) is 0 Å². The van der Waals surface area contributed by atoms with Crippen molar-refractivity contribution in [2.75, 3.05) is 47.4 Å². The fourth-order valence-electron chi connectivity index (χ4n) is 3.09. The second-order valence-electron chi connectivity index (χ2n) is 6.43. The van der Waals surface area contributed by atoms with Crippen LogP contribution in [0.4, 0.5) is 0 Å². The van der Waals surface area contributed by atoms with Crippen LogP contribution in [0.25, 0.3) is 0 Å². The van der Waals surface area contributed by atoms with Crippen molar-refractivity contribution in [3.8, 4) is 11.5 Å². The molecule has 0 bridgehead atoms. The van der Waals surface area contributed by atoms with Crippen LogP contribution in [0.1, 0.15) is 18.4 Å². The number of benzene rings is 1. The van der Waals surface area contributed by atoms with Gasteiger partial charge >= 0.3 is 0 Å². The molecule has 27 heavy (non-hydrogen) atoms. The number of hydrogen-bond donors (Lipinski definition) is 2. The van der Waals surface area contributed by atoms with E-state index >= 15 is 0 Å². The van der Waals surface area contributed by atoms with Gasteiger partial charge in [-0.1, -0.05) is 6.07 Å². The van der Waals surface area contributed by atoms with Gasteiger partial charge in [0.1, 0.15) is 0 Å². The Bertz CT molecular complexity index is 627. The van der Waals surface area contributed by atoms with Gasteiger partial charge in [-0.25, -0.2) is 0 Å².